The van der Waals surface area contributed by atoms with E-state index in [1.165, 1.54) is 0 Å². The molecule has 1 amide bonds. The van der Waals surface area contributed by atoms with Crippen molar-refractivity contribution in [3.05, 3.63) is 42.5 Å². The van der Waals surface area contributed by atoms with Crippen LogP contribution in [-0.4, -0.2) is 10.7 Å². The van der Waals surface area contributed by atoms with Gasteiger partial charge in [-0.1, -0.05) is 34.1 Å². The van der Waals surface area contributed by atoms with E-state index in [1.54, 1.807) is 6.92 Å². The molecule has 0 fully saturated rings. The molecule has 0 aliphatic heterocycles. The molecule has 1 aromatic heterocycles. The molecule has 0 aliphatic carbocycles. The van der Waals surface area contributed by atoms with Gasteiger partial charge in [0.05, 0.1) is 4.83 Å². The van der Waals surface area contributed by atoms with Gasteiger partial charge >= 0.3 is 0 Å². The highest BCUT2D eigenvalue weighted by molar-refractivity contribution is 9.10. The maximum atomic E-state index is 11.7. The molecule has 3 rings (SSSR count). The number of para-hydroxylation sites is 1. The van der Waals surface area contributed by atoms with Gasteiger partial charge in [-0.3, -0.25) is 4.79 Å². The molecule has 0 spiro atoms. The van der Waals surface area contributed by atoms with E-state index in [0.29, 0.717) is 0 Å². The maximum absolute atomic E-state index is 11.7. The molecule has 0 aliphatic rings. The first kappa shape index (κ1) is 12.2. The quantitative estimate of drug-likeness (QED) is 0.716. The van der Waals surface area contributed by atoms with Gasteiger partial charge in [-0.05, 0) is 31.2 Å². The Bertz CT molecular complexity index is 761. The highest BCUT2D eigenvalue weighted by Crippen LogP contribution is 2.30. The van der Waals surface area contributed by atoms with E-state index < -0.39 is 0 Å². The molecular weight excluding hydrogens is 306 g/mol. The lowest BCUT2D eigenvalue weighted by Crippen LogP contribution is -2.19. The third-order valence-electron chi connectivity index (χ3n) is 3.01. The minimum atomic E-state index is -0.218. The van der Waals surface area contributed by atoms with Crippen LogP contribution in [0.1, 0.15) is 6.92 Å². The standard InChI is InChI=1S/C15H12BrNO2/c1-9(16)15(18)17-10-6-7-14-12(8-10)11-4-2-3-5-13(11)19-14/h2-9H,1H3,(H,17,18). The summed E-state index contributed by atoms with van der Waals surface area (Å²) in [4.78, 5) is 11.5. The fraction of sp³-hybridized carbons (Fsp3) is 0.133. The lowest BCUT2D eigenvalue weighted by molar-refractivity contribution is -0.115. The summed E-state index contributed by atoms with van der Waals surface area (Å²) in [5.74, 6) is -0.0628. The van der Waals surface area contributed by atoms with Crippen LogP contribution in [0.3, 0.4) is 0 Å². The van der Waals surface area contributed by atoms with Crippen molar-refractivity contribution in [2.75, 3.05) is 5.32 Å². The summed E-state index contributed by atoms with van der Waals surface area (Å²) in [6.07, 6.45) is 0. The minimum absolute atomic E-state index is 0.0628. The summed E-state index contributed by atoms with van der Waals surface area (Å²) in [5.41, 5.74) is 2.45. The number of hydrogen-bond acceptors (Lipinski definition) is 2. The van der Waals surface area contributed by atoms with E-state index >= 15 is 0 Å². The number of alkyl halides is 1. The number of nitrogens with one attached hydrogen (secondary N) is 1. The topological polar surface area (TPSA) is 42.2 Å². The minimum Gasteiger partial charge on any atom is -0.456 e. The number of fused-ring (bicyclic) bond motifs is 3. The van der Waals surface area contributed by atoms with Crippen LogP contribution in [0.25, 0.3) is 21.9 Å². The van der Waals surface area contributed by atoms with Crippen molar-refractivity contribution in [3.63, 3.8) is 0 Å². The van der Waals surface area contributed by atoms with Gasteiger partial charge in [0.15, 0.2) is 0 Å². The van der Waals surface area contributed by atoms with E-state index in [1.807, 2.05) is 42.5 Å². The van der Waals surface area contributed by atoms with Crippen molar-refractivity contribution in [1.29, 1.82) is 0 Å². The van der Waals surface area contributed by atoms with E-state index in [0.717, 1.165) is 27.6 Å². The van der Waals surface area contributed by atoms with Crippen LogP contribution in [0.15, 0.2) is 46.9 Å². The fourth-order valence-corrected chi connectivity index (χ4v) is 2.16. The van der Waals surface area contributed by atoms with Crippen LogP contribution in [0.5, 0.6) is 0 Å². The molecule has 3 aromatic rings. The van der Waals surface area contributed by atoms with Crippen LogP contribution < -0.4 is 5.32 Å². The Morgan fingerprint density at radius 3 is 2.68 bits per heavy atom. The smallest absolute Gasteiger partial charge is 0.237 e. The predicted octanol–water partition coefficient (Wildman–Crippen LogP) is 4.31. The zero-order chi connectivity index (χ0) is 13.4. The van der Waals surface area contributed by atoms with Crippen molar-refractivity contribution in [3.8, 4) is 0 Å². The SMILES string of the molecule is CC(Br)C(=O)Nc1ccc2oc3ccccc3c2c1. The Morgan fingerprint density at radius 2 is 1.89 bits per heavy atom. The van der Waals surface area contributed by atoms with Gasteiger partial charge in [-0.25, -0.2) is 0 Å². The summed E-state index contributed by atoms with van der Waals surface area (Å²) in [6.45, 7) is 1.79. The largest absolute Gasteiger partial charge is 0.456 e. The molecule has 1 heterocycles. The number of hydrogen-bond donors (Lipinski definition) is 1. The van der Waals surface area contributed by atoms with Crippen LogP contribution >= 0.6 is 15.9 Å². The first-order valence-corrected chi connectivity index (χ1v) is 6.93. The molecule has 0 bridgehead atoms. The molecule has 19 heavy (non-hydrogen) atoms. The summed E-state index contributed by atoms with van der Waals surface area (Å²) in [6, 6.07) is 13.5. The normalized spacial score (nSPS) is 12.7. The number of halogens is 1. The summed E-state index contributed by atoms with van der Waals surface area (Å²) < 4.78 is 5.74. The third-order valence-corrected chi connectivity index (χ3v) is 3.42. The van der Waals surface area contributed by atoms with Gasteiger partial charge in [-0.15, -0.1) is 0 Å². The number of furan rings is 1. The number of benzene rings is 2. The second-order valence-corrected chi connectivity index (χ2v) is 5.79. The average Bonchev–Trinajstić information content (AvgIpc) is 2.76. The third kappa shape index (κ3) is 2.24. The van der Waals surface area contributed by atoms with Crippen LogP contribution in [-0.2, 0) is 4.79 Å². The number of amides is 1. The molecule has 2 aromatic carbocycles. The molecule has 3 nitrogen and oxygen atoms in total. The van der Waals surface area contributed by atoms with Crippen molar-refractivity contribution in [2.45, 2.75) is 11.8 Å². The van der Waals surface area contributed by atoms with Crippen LogP contribution in [0.4, 0.5) is 5.69 Å². The summed E-state index contributed by atoms with van der Waals surface area (Å²) in [5, 5.41) is 4.93. The van der Waals surface area contributed by atoms with Crippen molar-refractivity contribution in [2.24, 2.45) is 0 Å². The first-order chi connectivity index (χ1) is 9.15. The van der Waals surface area contributed by atoms with Crippen LogP contribution in [0.2, 0.25) is 0 Å². The van der Waals surface area contributed by atoms with E-state index in [4.69, 9.17) is 4.42 Å². The molecule has 4 heteroatoms. The lowest BCUT2D eigenvalue weighted by atomic mass is 10.1. The monoisotopic (exact) mass is 317 g/mol. The highest BCUT2D eigenvalue weighted by Gasteiger charge is 2.11. The zero-order valence-corrected chi connectivity index (χ0v) is 11.9. The molecule has 1 atom stereocenters. The van der Waals surface area contributed by atoms with Crippen LogP contribution in [0, 0.1) is 0 Å². The Labute approximate surface area is 118 Å². The fourth-order valence-electron chi connectivity index (χ4n) is 2.05. The number of carbonyl (C=O) groups is 1. The zero-order valence-electron chi connectivity index (χ0n) is 10.3. The van der Waals surface area contributed by atoms with Gasteiger partial charge in [0, 0.05) is 16.5 Å². The Hall–Kier alpha value is -1.81. The number of rotatable bonds is 2. The summed E-state index contributed by atoms with van der Waals surface area (Å²) in [7, 11) is 0. The number of anilines is 1. The Morgan fingerprint density at radius 1 is 1.16 bits per heavy atom. The Kier molecular flexibility index (Phi) is 3.03. The highest BCUT2D eigenvalue weighted by atomic mass is 79.9. The Balaban J connectivity index is 2.09. The second kappa shape index (κ2) is 4.70. The van der Waals surface area contributed by atoms with Crippen molar-refractivity contribution in [1.82, 2.24) is 0 Å². The van der Waals surface area contributed by atoms with Gasteiger partial charge in [0.1, 0.15) is 11.2 Å². The van der Waals surface area contributed by atoms with E-state index in [-0.39, 0.29) is 10.7 Å². The first-order valence-electron chi connectivity index (χ1n) is 6.01. The molecule has 1 N–H and O–H groups in total. The van der Waals surface area contributed by atoms with Crippen molar-refractivity contribution < 1.29 is 9.21 Å². The molecule has 0 saturated heterocycles. The average molecular weight is 318 g/mol. The molecular formula is C15H12BrNO2. The van der Waals surface area contributed by atoms with Gasteiger partial charge in [0.25, 0.3) is 0 Å². The van der Waals surface area contributed by atoms with E-state index in [2.05, 4.69) is 21.2 Å². The molecule has 1 unspecified atom stereocenters. The second-order valence-electron chi connectivity index (χ2n) is 4.41. The number of carbonyl (C=O) groups excluding carboxylic acids is 1. The van der Waals surface area contributed by atoms with Gasteiger partial charge in [0.2, 0.25) is 5.91 Å². The summed E-state index contributed by atoms with van der Waals surface area (Å²) >= 11 is 3.25. The molecule has 0 radical (unpaired) electrons. The molecule has 96 valence electrons. The van der Waals surface area contributed by atoms with E-state index in [9.17, 15) is 4.79 Å². The molecule has 0 saturated carbocycles. The van der Waals surface area contributed by atoms with Crippen molar-refractivity contribution >= 4 is 49.5 Å². The van der Waals surface area contributed by atoms with Gasteiger partial charge in [-0.2, -0.15) is 0 Å². The lowest BCUT2D eigenvalue weighted by Gasteiger charge is -2.06. The maximum Gasteiger partial charge on any atom is 0.237 e. The van der Waals surface area contributed by atoms with Gasteiger partial charge < -0.3 is 9.73 Å². The predicted molar refractivity (Wildman–Crippen MR) is 80.7 cm³/mol.